The molecule has 0 amide bonds. The van der Waals surface area contributed by atoms with E-state index >= 15 is 0 Å². The largest absolute Gasteiger partial charge is 0.396 e. The van der Waals surface area contributed by atoms with E-state index in [9.17, 15) is 13.0 Å². The summed E-state index contributed by atoms with van der Waals surface area (Å²) in [6, 6.07) is 0. The summed E-state index contributed by atoms with van der Waals surface area (Å²) in [6.07, 6.45) is 1.09. The second-order valence-corrected chi connectivity index (χ2v) is 7.57. The maximum Gasteiger partial charge on any atom is 0.292 e. The van der Waals surface area contributed by atoms with Crippen molar-refractivity contribution in [2.45, 2.75) is 57.2 Å². The first-order valence-corrected chi connectivity index (χ1v) is 10.4. The zero-order chi connectivity index (χ0) is 19.8. The first-order chi connectivity index (χ1) is 12.3. The fraction of sp³-hybridized carbons (Fsp3) is 1.00. The molecule has 0 heterocycles. The van der Waals surface area contributed by atoms with E-state index in [4.69, 9.17) is 29.2 Å². The number of aliphatic hydroxyl groups is 2. The molecule has 0 spiro atoms. The van der Waals surface area contributed by atoms with E-state index in [1.54, 1.807) is 6.92 Å². The highest BCUT2D eigenvalue weighted by molar-refractivity contribution is 7.86. The number of aliphatic hydroxyl groups excluding tert-OH is 2. The summed E-state index contributed by atoms with van der Waals surface area (Å²) in [6.45, 7) is 5.17. The van der Waals surface area contributed by atoms with Gasteiger partial charge in [0.1, 0.15) is 0 Å². The minimum atomic E-state index is -4.33. The highest BCUT2D eigenvalue weighted by Crippen LogP contribution is 2.11. The van der Waals surface area contributed by atoms with Crippen LogP contribution in [0.3, 0.4) is 0 Å². The lowest BCUT2D eigenvalue weighted by Gasteiger charge is -2.19. The maximum absolute atomic E-state index is 11.4. The van der Waals surface area contributed by atoms with Gasteiger partial charge in [-0.05, 0) is 39.5 Å². The van der Waals surface area contributed by atoms with Gasteiger partial charge >= 0.3 is 0 Å². The van der Waals surface area contributed by atoms with E-state index in [0.29, 0.717) is 45.7 Å². The molecule has 3 unspecified atom stereocenters. The fourth-order valence-electron chi connectivity index (χ4n) is 1.96. The van der Waals surface area contributed by atoms with Crippen molar-refractivity contribution in [1.82, 2.24) is 0 Å². The van der Waals surface area contributed by atoms with Gasteiger partial charge in [0.15, 0.2) is 5.44 Å². The number of rotatable bonds is 18. The zero-order valence-corrected chi connectivity index (χ0v) is 16.5. The number of ether oxygens (including phenoxy) is 4. The molecule has 10 heteroatoms. The predicted molar refractivity (Wildman–Crippen MR) is 95.6 cm³/mol. The molecule has 26 heavy (non-hydrogen) atoms. The van der Waals surface area contributed by atoms with Gasteiger partial charge < -0.3 is 29.2 Å². The molecule has 3 atom stereocenters. The number of hydrogen-bond donors (Lipinski definition) is 3. The topological polar surface area (TPSA) is 132 Å². The molecule has 0 aliphatic carbocycles. The molecule has 0 fully saturated rings. The Morgan fingerprint density at radius 3 is 1.85 bits per heavy atom. The third-order valence-electron chi connectivity index (χ3n) is 3.34. The van der Waals surface area contributed by atoms with E-state index in [1.165, 1.54) is 0 Å². The molecule has 0 aliphatic rings. The summed E-state index contributed by atoms with van der Waals surface area (Å²) in [5.74, 6) is 0. The Kier molecular flexibility index (Phi) is 15.5. The molecule has 0 saturated heterocycles. The van der Waals surface area contributed by atoms with Crippen molar-refractivity contribution in [3.05, 3.63) is 0 Å². The molecular formula is C16H34O9S. The van der Waals surface area contributed by atoms with Crippen LogP contribution in [0.5, 0.6) is 0 Å². The summed E-state index contributed by atoms with van der Waals surface area (Å²) in [5.41, 5.74) is -1.33. The van der Waals surface area contributed by atoms with Gasteiger partial charge in [-0.1, -0.05) is 0 Å². The van der Waals surface area contributed by atoms with Crippen molar-refractivity contribution >= 4 is 10.1 Å². The fourth-order valence-corrected chi connectivity index (χ4v) is 2.67. The van der Waals surface area contributed by atoms with Crippen LogP contribution in [0.2, 0.25) is 0 Å². The average molecular weight is 403 g/mol. The Balaban J connectivity index is 3.98. The van der Waals surface area contributed by atoms with Crippen LogP contribution in [0.1, 0.15) is 39.5 Å². The second kappa shape index (κ2) is 15.7. The van der Waals surface area contributed by atoms with Crippen molar-refractivity contribution in [3.8, 4) is 0 Å². The van der Waals surface area contributed by atoms with Crippen LogP contribution in [-0.2, 0) is 29.1 Å². The van der Waals surface area contributed by atoms with E-state index in [0.717, 1.165) is 0 Å². The quantitative estimate of drug-likeness (QED) is 0.222. The van der Waals surface area contributed by atoms with Gasteiger partial charge in [-0.25, -0.2) is 0 Å². The third-order valence-corrected chi connectivity index (χ3v) is 4.38. The standard InChI is InChI=1S/C16H34O9S/c1-14(23-10-4-7-17)12-22-9-3-6-16(26(19,20)21)25-13-15(2)24-11-5-8-18/h14-18H,3-13H2,1-2H3,(H,19,20,21). The smallest absolute Gasteiger partial charge is 0.292 e. The lowest BCUT2D eigenvalue weighted by molar-refractivity contribution is -0.0280. The van der Waals surface area contributed by atoms with E-state index in [1.807, 2.05) is 6.92 Å². The Labute approximate surface area is 156 Å². The van der Waals surface area contributed by atoms with Gasteiger partial charge in [0.05, 0.1) is 25.4 Å². The lowest BCUT2D eigenvalue weighted by Crippen LogP contribution is -2.29. The van der Waals surface area contributed by atoms with E-state index in [2.05, 4.69) is 0 Å². The van der Waals surface area contributed by atoms with Gasteiger partial charge in [0.2, 0.25) is 0 Å². The third kappa shape index (κ3) is 14.8. The molecule has 0 aliphatic heterocycles. The molecular weight excluding hydrogens is 368 g/mol. The normalized spacial score (nSPS) is 15.7. The van der Waals surface area contributed by atoms with Crippen LogP contribution in [-0.4, -0.2) is 87.1 Å². The van der Waals surface area contributed by atoms with Crippen LogP contribution >= 0.6 is 0 Å². The minimum Gasteiger partial charge on any atom is -0.396 e. The SMILES string of the molecule is CC(COCCCC(OCC(C)OCCCO)S(=O)(=O)O)OCCCO. The van der Waals surface area contributed by atoms with Crippen molar-refractivity contribution in [2.75, 3.05) is 46.2 Å². The predicted octanol–water partition coefficient (Wildman–Crippen LogP) is 0.589. The lowest BCUT2D eigenvalue weighted by atomic mass is 10.3. The van der Waals surface area contributed by atoms with Gasteiger partial charge in [0.25, 0.3) is 10.1 Å². The van der Waals surface area contributed by atoms with Crippen LogP contribution in [0.4, 0.5) is 0 Å². The molecule has 9 nitrogen and oxygen atoms in total. The summed E-state index contributed by atoms with van der Waals surface area (Å²) in [5, 5.41) is 17.3. The Morgan fingerprint density at radius 2 is 1.35 bits per heavy atom. The van der Waals surface area contributed by atoms with Crippen LogP contribution in [0.25, 0.3) is 0 Å². The summed E-state index contributed by atoms with van der Waals surface area (Å²) in [4.78, 5) is 0. The summed E-state index contributed by atoms with van der Waals surface area (Å²) >= 11 is 0. The highest BCUT2D eigenvalue weighted by Gasteiger charge is 2.24. The Morgan fingerprint density at radius 1 is 0.808 bits per heavy atom. The molecule has 3 N–H and O–H groups in total. The molecule has 0 bridgehead atoms. The maximum atomic E-state index is 11.4. The van der Waals surface area contributed by atoms with Gasteiger partial charge in [0, 0.05) is 33.0 Å². The summed E-state index contributed by atoms with van der Waals surface area (Å²) in [7, 11) is -4.33. The van der Waals surface area contributed by atoms with Crippen molar-refractivity contribution in [3.63, 3.8) is 0 Å². The van der Waals surface area contributed by atoms with Crippen molar-refractivity contribution in [1.29, 1.82) is 0 Å². The van der Waals surface area contributed by atoms with Gasteiger partial charge in [-0.2, -0.15) is 8.42 Å². The van der Waals surface area contributed by atoms with Gasteiger partial charge in [-0.3, -0.25) is 4.55 Å². The molecule has 0 aromatic heterocycles. The zero-order valence-electron chi connectivity index (χ0n) is 15.7. The molecule has 0 rings (SSSR count). The molecule has 0 aromatic carbocycles. The minimum absolute atomic E-state index is 0.0202. The first-order valence-electron chi connectivity index (χ1n) is 8.91. The van der Waals surface area contributed by atoms with E-state index in [-0.39, 0.29) is 38.4 Å². The Bertz CT molecular complexity index is 416. The molecule has 0 radical (unpaired) electrons. The average Bonchev–Trinajstić information content (AvgIpc) is 2.56. The highest BCUT2D eigenvalue weighted by atomic mass is 32.2. The monoisotopic (exact) mass is 402 g/mol. The number of hydrogen-bond acceptors (Lipinski definition) is 8. The molecule has 0 aromatic rings. The van der Waals surface area contributed by atoms with E-state index < -0.39 is 15.6 Å². The Hall–Kier alpha value is -0.330. The summed E-state index contributed by atoms with van der Waals surface area (Å²) < 4.78 is 53.5. The van der Waals surface area contributed by atoms with Crippen molar-refractivity contribution < 1.29 is 42.1 Å². The first kappa shape index (κ1) is 25.7. The van der Waals surface area contributed by atoms with Crippen LogP contribution in [0.15, 0.2) is 0 Å². The van der Waals surface area contributed by atoms with Crippen LogP contribution in [0, 0.1) is 0 Å². The molecule has 158 valence electrons. The van der Waals surface area contributed by atoms with Gasteiger partial charge in [-0.15, -0.1) is 0 Å². The second-order valence-electron chi connectivity index (χ2n) is 6.01. The molecule has 0 saturated carbocycles. The van der Waals surface area contributed by atoms with Crippen molar-refractivity contribution in [2.24, 2.45) is 0 Å². The van der Waals surface area contributed by atoms with Crippen LogP contribution < -0.4 is 0 Å².